The molecule has 0 aliphatic carbocycles. The van der Waals surface area contributed by atoms with Crippen LogP contribution in [0.1, 0.15) is 61.8 Å². The monoisotopic (exact) mass is 1520 g/mol. The third-order valence-corrected chi connectivity index (χ3v) is 33.6. The summed E-state index contributed by atoms with van der Waals surface area (Å²) in [6, 6.07) is 147. The van der Waals surface area contributed by atoms with Gasteiger partial charge < -0.3 is 18.6 Å². The number of hydrogen-bond donors (Lipinski definition) is 0. The van der Waals surface area contributed by atoms with Crippen LogP contribution in [-0.2, 0) is 0 Å². The van der Waals surface area contributed by atoms with Gasteiger partial charge in [0.1, 0.15) is 11.2 Å². The van der Waals surface area contributed by atoms with Crippen LogP contribution in [-0.4, -0.2) is 16.1 Å². The lowest BCUT2D eigenvalue weighted by atomic mass is 9.83. The van der Waals surface area contributed by atoms with E-state index >= 15 is 0 Å². The van der Waals surface area contributed by atoms with Gasteiger partial charge in [-0.2, -0.15) is 10.5 Å². The van der Waals surface area contributed by atoms with Crippen LogP contribution in [0.4, 0.5) is 34.1 Å². The number of hydrogen-bond acceptors (Lipinski definition) is 6. The van der Waals surface area contributed by atoms with Crippen molar-refractivity contribution < 1.29 is 8.83 Å². The lowest BCUT2D eigenvalue weighted by Crippen LogP contribution is -2.74. The Balaban J connectivity index is 0.876. The second-order valence-corrected chi connectivity index (χ2v) is 38.7. The largest absolute Gasteiger partial charge is 0.454 e. The first kappa shape index (κ1) is 70.7. The van der Waals surface area contributed by atoms with Gasteiger partial charge in [0.2, 0.25) is 0 Å². The van der Waals surface area contributed by atoms with Crippen LogP contribution in [0.3, 0.4) is 0 Å². The first-order valence-electron chi connectivity index (χ1n) is 39.9. The van der Waals surface area contributed by atoms with Gasteiger partial charge in [0.05, 0.1) is 57.4 Å². The summed E-state index contributed by atoms with van der Waals surface area (Å²) >= 11 is 0. The third kappa shape index (κ3) is 11.4. The van der Waals surface area contributed by atoms with Crippen molar-refractivity contribution in [3.8, 4) is 34.4 Å². The Hall–Kier alpha value is -14.4. The second kappa shape index (κ2) is 29.0. The number of nitrogens with zero attached hydrogens (tertiary/aromatic N) is 4. The summed E-state index contributed by atoms with van der Waals surface area (Å²) in [6.07, 6.45) is 0. The number of para-hydroxylation sites is 4. The van der Waals surface area contributed by atoms with Crippen LogP contribution in [0.15, 0.2) is 397 Å². The molecule has 2 heterocycles. The summed E-state index contributed by atoms with van der Waals surface area (Å²) in [6.45, 7) is 9.26. The van der Waals surface area contributed by atoms with E-state index in [9.17, 15) is 10.5 Å². The number of furan rings is 2. The van der Waals surface area contributed by atoms with E-state index in [2.05, 4.69) is 414 Å². The number of rotatable bonds is 18. The maximum atomic E-state index is 11.2. The van der Waals surface area contributed by atoms with E-state index in [1.165, 1.54) is 52.6 Å². The predicted octanol–water partition coefficient (Wildman–Crippen LogP) is 23.4. The number of nitriles is 2. The highest BCUT2D eigenvalue weighted by Crippen LogP contribution is 2.55. The van der Waals surface area contributed by atoms with Crippen molar-refractivity contribution in [3.63, 3.8) is 0 Å². The molecular weight excluding hydrogens is 1440 g/mol. The van der Waals surface area contributed by atoms with Gasteiger partial charge in [-0.05, 0) is 170 Å². The van der Waals surface area contributed by atoms with Crippen molar-refractivity contribution in [2.45, 2.75) is 39.5 Å². The molecule has 0 aliphatic rings. The van der Waals surface area contributed by atoms with Crippen LogP contribution in [0.2, 0.25) is 0 Å². The fourth-order valence-electron chi connectivity index (χ4n) is 19.0. The Labute approximate surface area is 676 Å². The number of anilines is 6. The molecule has 8 heteroatoms. The molecule has 6 nitrogen and oxygen atoms in total. The summed E-state index contributed by atoms with van der Waals surface area (Å²) in [5.74, 6) is 0.0870. The first-order chi connectivity index (χ1) is 57.1. The quantitative estimate of drug-likeness (QED) is 0.0484. The maximum Gasteiger partial charge on any atom is 0.179 e. The van der Waals surface area contributed by atoms with Crippen LogP contribution in [0.25, 0.3) is 98.4 Å². The Morgan fingerprint density at radius 2 is 0.552 bits per heavy atom. The van der Waals surface area contributed by atoms with Crippen molar-refractivity contribution in [1.82, 2.24) is 0 Å². The molecule has 0 amide bonds. The van der Waals surface area contributed by atoms with Crippen LogP contribution < -0.4 is 51.3 Å². The van der Waals surface area contributed by atoms with Crippen LogP contribution in [0.5, 0.6) is 0 Å². The molecule has 550 valence electrons. The Bertz CT molecular complexity index is 6620. The average Bonchev–Trinajstić information content (AvgIpc) is 0.779. The summed E-state index contributed by atoms with van der Waals surface area (Å²) in [5, 5.41) is 43.2. The maximum absolute atomic E-state index is 11.2. The standard InChI is InChI=1S/C108H78N4O2Si2/c1-71(2)93-67-101(111(99-51-29-49-89-85-47-23-25-53-103(85)113-107(89)99)97-61-55-73(69-109)63-95(97)75-31-27-45-83(65-75)115(77-33-11-5-12-34-77,78-35-13-6-14-36-78)79-37-15-7-16-38-79)91-60-58-88-94(72(3)4)68-102(92-59-57-87(93)105(91)106(88)92)112(100-52-30-50-90-86-48-24-26-54-104(86)114-108(90)100)98-62-56-74(70-110)64-96(98)76-32-28-46-84(66-76)116(80-39-17-8-18-40-80,81-41-19-9-20-42-81)82-43-21-10-22-44-82/h5-68,71-72H,1-4H3. The smallest absolute Gasteiger partial charge is 0.179 e. The molecule has 0 atom stereocenters. The number of benzene rings is 18. The van der Waals surface area contributed by atoms with Crippen molar-refractivity contribution in [2.24, 2.45) is 0 Å². The van der Waals surface area contributed by atoms with E-state index in [1.54, 1.807) is 0 Å². The van der Waals surface area contributed by atoms with Gasteiger partial charge in [-0.3, -0.25) is 0 Å². The zero-order valence-electron chi connectivity index (χ0n) is 64.7. The van der Waals surface area contributed by atoms with Crippen LogP contribution in [0, 0.1) is 22.7 Å². The van der Waals surface area contributed by atoms with Gasteiger partial charge in [0.15, 0.2) is 27.3 Å². The molecule has 20 rings (SSSR count). The molecule has 116 heavy (non-hydrogen) atoms. The number of fused-ring (bicyclic) bond motifs is 6. The highest BCUT2D eigenvalue weighted by Gasteiger charge is 2.44. The molecule has 18 aromatic carbocycles. The lowest BCUT2D eigenvalue weighted by Gasteiger charge is -2.35. The Morgan fingerprint density at radius 1 is 0.250 bits per heavy atom. The highest BCUT2D eigenvalue weighted by atomic mass is 28.3. The second-order valence-electron chi connectivity index (χ2n) is 31.1. The average molecular weight is 1520 g/mol. The molecule has 20 aromatic rings. The molecule has 0 radical (unpaired) electrons. The summed E-state index contributed by atoms with van der Waals surface area (Å²) in [7, 11) is -6.17. The fraction of sp³-hybridized carbons (Fsp3) is 0.0556. The summed E-state index contributed by atoms with van der Waals surface area (Å²) in [5.41, 5.74) is 15.7. The van der Waals surface area contributed by atoms with E-state index in [0.717, 1.165) is 133 Å². The van der Waals surface area contributed by atoms with Crippen molar-refractivity contribution in [3.05, 3.63) is 411 Å². The Kier molecular flexibility index (Phi) is 17.7. The minimum absolute atomic E-state index is 0.0435. The van der Waals surface area contributed by atoms with E-state index in [1.807, 2.05) is 24.3 Å². The molecule has 0 saturated heterocycles. The third-order valence-electron chi connectivity index (χ3n) is 24.1. The SMILES string of the molecule is CC(C)c1cc(N(c2ccc(C#N)cc2-c2cccc([Si](c3ccccc3)(c3ccccc3)c3ccccc3)c2)c2cccc3c2oc2ccccc23)c2ccc3c(C(C)C)cc(N(c4ccc(C#N)cc4-c4cccc([Si](c5ccccc5)(c5ccccc5)c5ccccc5)c4)c4cccc5c4oc4ccccc45)c4ccc1c2c34. The van der Waals surface area contributed by atoms with E-state index < -0.39 is 16.1 Å². The Morgan fingerprint density at radius 3 is 0.888 bits per heavy atom. The molecule has 0 aliphatic heterocycles. The van der Waals surface area contributed by atoms with Gasteiger partial charge in [-0.15, -0.1) is 0 Å². The molecule has 0 bridgehead atoms. The predicted molar refractivity (Wildman–Crippen MR) is 490 cm³/mol. The molecule has 2 aromatic heterocycles. The molecule has 0 spiro atoms. The van der Waals surface area contributed by atoms with Gasteiger partial charge in [-0.25, -0.2) is 0 Å². The molecule has 0 saturated carbocycles. The van der Waals surface area contributed by atoms with E-state index in [4.69, 9.17) is 8.83 Å². The van der Waals surface area contributed by atoms with Crippen molar-refractivity contribution in [1.29, 1.82) is 10.5 Å². The van der Waals surface area contributed by atoms with Crippen molar-refractivity contribution >= 4 is 168 Å². The topological polar surface area (TPSA) is 80.3 Å². The van der Waals surface area contributed by atoms with Gasteiger partial charge in [0, 0.05) is 43.4 Å². The van der Waals surface area contributed by atoms with E-state index in [-0.39, 0.29) is 11.8 Å². The highest BCUT2D eigenvalue weighted by molar-refractivity contribution is 7.20. The van der Waals surface area contributed by atoms with Gasteiger partial charge in [0.25, 0.3) is 0 Å². The van der Waals surface area contributed by atoms with Crippen molar-refractivity contribution in [2.75, 3.05) is 9.80 Å². The zero-order valence-corrected chi connectivity index (χ0v) is 66.7. The molecule has 0 fully saturated rings. The molecule has 0 N–H and O–H groups in total. The minimum Gasteiger partial charge on any atom is -0.454 e. The van der Waals surface area contributed by atoms with Gasteiger partial charge in [-0.1, -0.05) is 343 Å². The van der Waals surface area contributed by atoms with Crippen LogP contribution >= 0.6 is 0 Å². The van der Waals surface area contributed by atoms with Gasteiger partial charge >= 0.3 is 0 Å². The zero-order chi connectivity index (χ0) is 78.2. The minimum atomic E-state index is -3.08. The van der Waals surface area contributed by atoms with E-state index in [0.29, 0.717) is 11.1 Å². The molecule has 0 unspecified atom stereocenters. The normalized spacial score (nSPS) is 11.9. The lowest BCUT2D eigenvalue weighted by molar-refractivity contribution is 0.669. The first-order valence-corrected chi connectivity index (χ1v) is 43.9. The molecular formula is C108H78N4O2Si2. The summed E-state index contributed by atoms with van der Waals surface area (Å²) in [4.78, 5) is 4.89. The summed E-state index contributed by atoms with van der Waals surface area (Å²) < 4.78 is 14.5. The fourth-order valence-corrected chi connectivity index (χ4v) is 28.6.